The van der Waals surface area contributed by atoms with Gasteiger partial charge in [-0.1, -0.05) is 64.8 Å². The average Bonchev–Trinajstić information content (AvgIpc) is 3.68. The number of carbonyl (C=O) groups excluding carboxylic acids is 1. The van der Waals surface area contributed by atoms with Gasteiger partial charge in [0.25, 0.3) is 0 Å². The molecule has 2 saturated heterocycles. The Labute approximate surface area is 248 Å². The largest absolute Gasteiger partial charge is 0.373 e. The Hall–Kier alpha value is -3.39. The highest BCUT2D eigenvalue weighted by molar-refractivity contribution is 6.39. The first kappa shape index (κ1) is 26.5. The number of ether oxygens (including phenoxy) is 1. The van der Waals surface area contributed by atoms with E-state index in [-0.39, 0.29) is 24.2 Å². The van der Waals surface area contributed by atoms with Crippen LogP contribution in [0.15, 0.2) is 71.5 Å². The van der Waals surface area contributed by atoms with Gasteiger partial charge in [-0.15, -0.1) is 0 Å². The number of urea groups is 1. The number of anilines is 1. The van der Waals surface area contributed by atoms with Gasteiger partial charge in [-0.3, -0.25) is 4.98 Å². The SMILES string of the molecule is O=C(Nc1cncc(-c2ccccc2)c1)N1C2CC[C@H]1CC(OCc1c(-c3c(Cl)cccc3Cl)noc1C1CC1)C2. The fourth-order valence-electron chi connectivity index (χ4n) is 6.33. The van der Waals surface area contributed by atoms with Crippen molar-refractivity contribution in [2.75, 3.05) is 5.32 Å². The number of piperidine rings is 1. The molecule has 0 radical (unpaired) electrons. The molecule has 2 aromatic carbocycles. The third-order valence-corrected chi connectivity index (χ3v) is 9.08. The van der Waals surface area contributed by atoms with Crippen LogP contribution in [-0.2, 0) is 11.3 Å². The van der Waals surface area contributed by atoms with Gasteiger partial charge in [0, 0.05) is 40.9 Å². The standard InChI is InChI=1S/C32H30Cl2N4O3/c33-27-7-4-8-28(34)29(27)30-26(31(41-37-30)20-9-10-20)18-40-25-14-23-11-12-24(15-25)38(23)32(39)36-22-13-21(16-35-17-22)19-5-2-1-3-6-19/h1-8,13,16-17,20,23-25H,9-12,14-15,18H2,(H,36,39)/t23-,24?,25?/m0/s1. The van der Waals surface area contributed by atoms with E-state index in [2.05, 4.69) is 15.5 Å². The number of rotatable bonds is 7. The van der Waals surface area contributed by atoms with E-state index in [0.29, 0.717) is 39.5 Å². The summed E-state index contributed by atoms with van der Waals surface area (Å²) in [4.78, 5) is 19.8. The lowest BCUT2D eigenvalue weighted by molar-refractivity contribution is -0.0158. The van der Waals surface area contributed by atoms with Crippen LogP contribution in [0.1, 0.15) is 55.8 Å². The summed E-state index contributed by atoms with van der Waals surface area (Å²) in [5.41, 5.74) is 5.00. The van der Waals surface area contributed by atoms with Crippen molar-refractivity contribution in [3.05, 3.63) is 88.4 Å². The Kier molecular flexibility index (Phi) is 7.19. The maximum atomic E-state index is 13.4. The molecule has 3 fully saturated rings. The van der Waals surface area contributed by atoms with Crippen molar-refractivity contribution in [1.29, 1.82) is 0 Å². The molecule has 9 heteroatoms. The lowest BCUT2D eigenvalue weighted by Crippen LogP contribution is -2.50. The van der Waals surface area contributed by atoms with Crippen molar-refractivity contribution in [3.63, 3.8) is 0 Å². The molecule has 0 spiro atoms. The van der Waals surface area contributed by atoms with E-state index in [0.717, 1.165) is 61.0 Å². The Morgan fingerprint density at radius 2 is 1.68 bits per heavy atom. The van der Waals surface area contributed by atoms with Crippen LogP contribution < -0.4 is 5.32 Å². The van der Waals surface area contributed by atoms with E-state index in [1.165, 1.54) is 0 Å². The number of hydrogen-bond acceptors (Lipinski definition) is 5. The number of pyridine rings is 1. The summed E-state index contributed by atoms with van der Waals surface area (Å²) in [6.07, 6.45) is 9.24. The van der Waals surface area contributed by atoms with E-state index in [1.54, 1.807) is 6.20 Å². The van der Waals surface area contributed by atoms with Gasteiger partial charge in [-0.25, -0.2) is 4.79 Å². The minimum absolute atomic E-state index is 0.0381. The van der Waals surface area contributed by atoms with Crippen LogP contribution in [-0.4, -0.2) is 39.3 Å². The zero-order chi connectivity index (χ0) is 27.9. The number of halogens is 2. The van der Waals surface area contributed by atoms with Gasteiger partial charge in [-0.05, 0) is 62.3 Å². The van der Waals surface area contributed by atoms with Crippen molar-refractivity contribution in [2.45, 2.75) is 69.2 Å². The molecule has 2 amide bonds. The maximum Gasteiger partial charge on any atom is 0.322 e. The number of aromatic nitrogens is 2. The van der Waals surface area contributed by atoms with Crippen molar-refractivity contribution >= 4 is 34.9 Å². The molecule has 3 atom stereocenters. The highest BCUT2D eigenvalue weighted by Gasteiger charge is 2.44. The second-order valence-corrected chi connectivity index (χ2v) is 12.0. The molecule has 1 saturated carbocycles. The molecule has 1 N–H and O–H groups in total. The highest BCUT2D eigenvalue weighted by Crippen LogP contribution is 2.46. The minimum atomic E-state index is -0.0753. The monoisotopic (exact) mass is 588 g/mol. The number of benzene rings is 2. The molecule has 4 aromatic rings. The highest BCUT2D eigenvalue weighted by atomic mass is 35.5. The molecular weight excluding hydrogens is 559 g/mol. The first-order chi connectivity index (χ1) is 20.0. The third kappa shape index (κ3) is 5.34. The summed E-state index contributed by atoms with van der Waals surface area (Å²) in [5.74, 6) is 1.25. The number of amides is 2. The molecular formula is C32H30Cl2N4O3. The van der Waals surface area contributed by atoms with Gasteiger partial charge in [0.1, 0.15) is 11.5 Å². The molecule has 1 aliphatic carbocycles. The smallest absolute Gasteiger partial charge is 0.322 e. The number of fused-ring (bicyclic) bond motifs is 2. The van der Waals surface area contributed by atoms with Crippen molar-refractivity contribution in [1.82, 2.24) is 15.0 Å². The van der Waals surface area contributed by atoms with Crippen molar-refractivity contribution in [3.8, 4) is 22.4 Å². The Bertz CT molecular complexity index is 1540. The zero-order valence-electron chi connectivity index (χ0n) is 22.4. The summed E-state index contributed by atoms with van der Waals surface area (Å²) in [6, 6.07) is 17.6. The topological polar surface area (TPSA) is 80.5 Å². The molecule has 210 valence electrons. The Morgan fingerprint density at radius 1 is 0.951 bits per heavy atom. The zero-order valence-corrected chi connectivity index (χ0v) is 23.9. The predicted molar refractivity (Wildman–Crippen MR) is 159 cm³/mol. The predicted octanol–water partition coefficient (Wildman–Crippen LogP) is 8.33. The molecule has 4 heterocycles. The fraction of sp³-hybridized carbons (Fsp3) is 0.344. The van der Waals surface area contributed by atoms with Gasteiger partial charge < -0.3 is 19.5 Å². The fourth-order valence-corrected chi connectivity index (χ4v) is 6.91. The maximum absolute atomic E-state index is 13.4. The van der Waals surface area contributed by atoms with Crippen LogP contribution in [0.2, 0.25) is 10.0 Å². The third-order valence-electron chi connectivity index (χ3n) is 8.45. The molecule has 7 nitrogen and oxygen atoms in total. The molecule has 3 aliphatic rings. The van der Waals surface area contributed by atoms with E-state index >= 15 is 0 Å². The first-order valence-corrected chi connectivity index (χ1v) is 14.9. The number of nitrogens with zero attached hydrogens (tertiary/aromatic N) is 3. The summed E-state index contributed by atoms with van der Waals surface area (Å²) >= 11 is 13.1. The molecule has 41 heavy (non-hydrogen) atoms. The van der Waals surface area contributed by atoms with Crippen LogP contribution in [0.5, 0.6) is 0 Å². The second-order valence-electron chi connectivity index (χ2n) is 11.2. The summed E-state index contributed by atoms with van der Waals surface area (Å²) in [6.45, 7) is 0.375. The second kappa shape index (κ2) is 11.1. The van der Waals surface area contributed by atoms with E-state index in [9.17, 15) is 4.79 Å². The number of carbonyl (C=O) groups is 1. The van der Waals surface area contributed by atoms with Gasteiger partial charge in [0.05, 0.1) is 34.6 Å². The average molecular weight is 590 g/mol. The molecule has 2 unspecified atom stereocenters. The Balaban J connectivity index is 1.03. The van der Waals surface area contributed by atoms with Gasteiger partial charge >= 0.3 is 6.03 Å². The number of hydrogen-bond donors (Lipinski definition) is 1. The molecule has 2 bridgehead atoms. The lowest BCUT2D eigenvalue weighted by Gasteiger charge is -2.38. The van der Waals surface area contributed by atoms with Gasteiger partial charge in [-0.2, -0.15) is 0 Å². The first-order valence-electron chi connectivity index (χ1n) is 14.2. The summed E-state index contributed by atoms with van der Waals surface area (Å²) in [5, 5.41) is 8.56. The van der Waals surface area contributed by atoms with Crippen LogP contribution >= 0.6 is 23.2 Å². The molecule has 7 rings (SSSR count). The molecule has 2 aromatic heterocycles. The van der Waals surface area contributed by atoms with Crippen molar-refractivity contribution < 1.29 is 14.1 Å². The lowest BCUT2D eigenvalue weighted by atomic mass is 9.99. The van der Waals surface area contributed by atoms with E-state index < -0.39 is 0 Å². The van der Waals surface area contributed by atoms with Gasteiger partial charge in [0.15, 0.2) is 0 Å². The van der Waals surface area contributed by atoms with Crippen molar-refractivity contribution in [2.24, 2.45) is 0 Å². The summed E-state index contributed by atoms with van der Waals surface area (Å²) in [7, 11) is 0. The van der Waals surface area contributed by atoms with Crippen LogP contribution in [0.3, 0.4) is 0 Å². The van der Waals surface area contributed by atoms with Crippen LogP contribution in [0.25, 0.3) is 22.4 Å². The van der Waals surface area contributed by atoms with Crippen LogP contribution in [0.4, 0.5) is 10.5 Å². The minimum Gasteiger partial charge on any atom is -0.373 e. The summed E-state index contributed by atoms with van der Waals surface area (Å²) < 4.78 is 12.3. The number of nitrogens with one attached hydrogen (secondary N) is 1. The quantitative estimate of drug-likeness (QED) is 0.234. The van der Waals surface area contributed by atoms with E-state index in [4.69, 9.17) is 32.5 Å². The molecule has 2 aliphatic heterocycles. The normalized spacial score (nSPS) is 21.7. The Morgan fingerprint density at radius 3 is 2.39 bits per heavy atom. The van der Waals surface area contributed by atoms with Gasteiger partial charge in [0.2, 0.25) is 0 Å². The van der Waals surface area contributed by atoms with E-state index in [1.807, 2.05) is 65.7 Å². The van der Waals surface area contributed by atoms with Crippen LogP contribution in [0, 0.1) is 0 Å².